The summed E-state index contributed by atoms with van der Waals surface area (Å²) in [6, 6.07) is 4.07. The molecule has 2 aliphatic rings. The van der Waals surface area contributed by atoms with E-state index >= 15 is 0 Å². The molecule has 0 spiro atoms. The molecule has 0 aliphatic heterocycles. The second kappa shape index (κ2) is 5.28. The minimum Gasteiger partial charge on any atom is -0.335 e. The van der Waals surface area contributed by atoms with E-state index in [1.165, 1.54) is 12.8 Å². The zero-order chi connectivity index (χ0) is 15.2. The standard InChI is InChI=1S/C17H23ClN2O/c1-17(2,3)14-8-12(9-15(18)19-14)16(21)20(13-6-7-13)10-11-4-5-11/h8-9,11,13H,4-7,10H2,1-3H3. The van der Waals surface area contributed by atoms with Crippen LogP contribution in [-0.2, 0) is 5.41 Å². The molecular weight excluding hydrogens is 284 g/mol. The van der Waals surface area contributed by atoms with Crippen LogP contribution in [0.5, 0.6) is 0 Å². The molecule has 114 valence electrons. The van der Waals surface area contributed by atoms with Crippen molar-refractivity contribution in [1.29, 1.82) is 0 Å². The summed E-state index contributed by atoms with van der Waals surface area (Å²) in [5, 5.41) is 0.410. The largest absolute Gasteiger partial charge is 0.335 e. The molecular formula is C17H23ClN2O. The van der Waals surface area contributed by atoms with E-state index in [-0.39, 0.29) is 11.3 Å². The second-order valence-electron chi connectivity index (χ2n) is 7.45. The summed E-state index contributed by atoms with van der Waals surface area (Å²) in [5.41, 5.74) is 1.45. The predicted molar refractivity (Wildman–Crippen MR) is 84.7 cm³/mol. The Morgan fingerprint density at radius 1 is 1.29 bits per heavy atom. The monoisotopic (exact) mass is 306 g/mol. The SMILES string of the molecule is CC(C)(C)c1cc(C(=O)N(CC2CC2)C2CC2)cc(Cl)n1. The van der Waals surface area contributed by atoms with E-state index in [9.17, 15) is 4.79 Å². The lowest BCUT2D eigenvalue weighted by atomic mass is 9.90. The van der Waals surface area contributed by atoms with Crippen LogP contribution in [0.25, 0.3) is 0 Å². The van der Waals surface area contributed by atoms with Crippen LogP contribution in [-0.4, -0.2) is 28.4 Å². The lowest BCUT2D eigenvalue weighted by Crippen LogP contribution is -2.35. The van der Waals surface area contributed by atoms with Crippen molar-refractivity contribution in [1.82, 2.24) is 9.88 Å². The maximum Gasteiger partial charge on any atom is 0.254 e. The number of carbonyl (C=O) groups is 1. The van der Waals surface area contributed by atoms with E-state index in [1.807, 2.05) is 6.07 Å². The van der Waals surface area contributed by atoms with E-state index in [0.29, 0.717) is 22.7 Å². The maximum atomic E-state index is 12.9. The van der Waals surface area contributed by atoms with Gasteiger partial charge in [0.2, 0.25) is 0 Å². The Hall–Kier alpha value is -1.09. The molecule has 1 heterocycles. The Labute approximate surface area is 131 Å². The highest BCUT2D eigenvalue weighted by Crippen LogP contribution is 2.36. The van der Waals surface area contributed by atoms with Gasteiger partial charge in [0, 0.05) is 29.3 Å². The third-order valence-electron chi connectivity index (χ3n) is 4.21. The first-order valence-electron chi connectivity index (χ1n) is 7.83. The summed E-state index contributed by atoms with van der Waals surface area (Å²) in [4.78, 5) is 19.3. The minimum atomic E-state index is -0.110. The van der Waals surface area contributed by atoms with Crippen LogP contribution >= 0.6 is 11.6 Å². The Kier molecular flexibility index (Phi) is 3.73. The zero-order valence-corrected chi connectivity index (χ0v) is 13.8. The Morgan fingerprint density at radius 2 is 1.95 bits per heavy atom. The van der Waals surface area contributed by atoms with Crippen LogP contribution in [0.1, 0.15) is 62.5 Å². The van der Waals surface area contributed by atoms with Crippen molar-refractivity contribution in [3.05, 3.63) is 28.5 Å². The van der Waals surface area contributed by atoms with Crippen LogP contribution < -0.4 is 0 Å². The number of pyridine rings is 1. The molecule has 1 amide bonds. The topological polar surface area (TPSA) is 33.2 Å². The molecule has 3 rings (SSSR count). The van der Waals surface area contributed by atoms with Gasteiger partial charge < -0.3 is 4.90 Å². The van der Waals surface area contributed by atoms with Gasteiger partial charge in [-0.2, -0.15) is 0 Å². The average Bonchev–Trinajstić information content (AvgIpc) is 3.24. The molecule has 1 aromatic rings. The quantitative estimate of drug-likeness (QED) is 0.786. The van der Waals surface area contributed by atoms with Gasteiger partial charge in [-0.25, -0.2) is 4.98 Å². The lowest BCUT2D eigenvalue weighted by molar-refractivity contribution is 0.0734. The average molecular weight is 307 g/mol. The van der Waals surface area contributed by atoms with Crippen LogP contribution in [0.2, 0.25) is 5.15 Å². The van der Waals surface area contributed by atoms with Gasteiger partial charge in [-0.3, -0.25) is 4.79 Å². The van der Waals surface area contributed by atoms with Gasteiger partial charge in [-0.05, 0) is 43.7 Å². The van der Waals surface area contributed by atoms with Crippen molar-refractivity contribution >= 4 is 17.5 Å². The number of aromatic nitrogens is 1. The molecule has 4 heteroatoms. The molecule has 0 saturated heterocycles. The van der Waals surface area contributed by atoms with Crippen LogP contribution in [0.3, 0.4) is 0 Å². The number of hydrogen-bond acceptors (Lipinski definition) is 2. The first-order valence-corrected chi connectivity index (χ1v) is 8.21. The number of amides is 1. The van der Waals surface area contributed by atoms with Gasteiger partial charge in [-0.1, -0.05) is 32.4 Å². The number of halogens is 1. The second-order valence-corrected chi connectivity index (χ2v) is 7.83. The normalized spacial score (nSPS) is 18.7. The van der Waals surface area contributed by atoms with Gasteiger partial charge in [0.25, 0.3) is 5.91 Å². The van der Waals surface area contributed by atoms with Gasteiger partial charge in [0.05, 0.1) is 0 Å². The van der Waals surface area contributed by atoms with Gasteiger partial charge in [-0.15, -0.1) is 0 Å². The van der Waals surface area contributed by atoms with Crippen molar-refractivity contribution in [2.75, 3.05) is 6.54 Å². The fraction of sp³-hybridized carbons (Fsp3) is 0.647. The predicted octanol–water partition coefficient (Wildman–Crippen LogP) is 4.05. The van der Waals surface area contributed by atoms with Gasteiger partial charge in [0.15, 0.2) is 0 Å². The number of carbonyl (C=O) groups excluding carboxylic acids is 1. The zero-order valence-electron chi connectivity index (χ0n) is 13.0. The molecule has 0 aromatic carbocycles. The highest BCUT2D eigenvalue weighted by molar-refractivity contribution is 6.29. The lowest BCUT2D eigenvalue weighted by Gasteiger charge is -2.24. The van der Waals surface area contributed by atoms with Crippen molar-refractivity contribution in [2.45, 2.75) is 57.9 Å². The maximum absolute atomic E-state index is 12.9. The molecule has 2 fully saturated rings. The van der Waals surface area contributed by atoms with E-state index in [1.54, 1.807) is 6.07 Å². The van der Waals surface area contributed by atoms with Crippen molar-refractivity contribution in [2.24, 2.45) is 5.92 Å². The van der Waals surface area contributed by atoms with Crippen molar-refractivity contribution < 1.29 is 4.79 Å². The fourth-order valence-corrected chi connectivity index (χ4v) is 2.74. The number of rotatable bonds is 4. The summed E-state index contributed by atoms with van der Waals surface area (Å²) in [6.45, 7) is 7.17. The molecule has 0 radical (unpaired) electrons. The Balaban J connectivity index is 1.87. The van der Waals surface area contributed by atoms with Crippen molar-refractivity contribution in [3.63, 3.8) is 0 Å². The van der Waals surface area contributed by atoms with Crippen LogP contribution in [0.15, 0.2) is 12.1 Å². The summed E-state index contributed by atoms with van der Waals surface area (Å²) in [5.74, 6) is 0.841. The van der Waals surface area contributed by atoms with E-state index in [0.717, 1.165) is 25.1 Å². The molecule has 0 N–H and O–H groups in total. The number of hydrogen-bond donors (Lipinski definition) is 0. The molecule has 0 bridgehead atoms. The van der Waals surface area contributed by atoms with E-state index in [2.05, 4.69) is 30.7 Å². The summed E-state index contributed by atoms with van der Waals surface area (Å²) >= 11 is 6.14. The van der Waals surface area contributed by atoms with Gasteiger partial charge >= 0.3 is 0 Å². The highest BCUT2D eigenvalue weighted by Gasteiger charge is 2.37. The van der Waals surface area contributed by atoms with E-state index in [4.69, 9.17) is 11.6 Å². The van der Waals surface area contributed by atoms with E-state index < -0.39 is 0 Å². The first kappa shape index (κ1) is 14.8. The fourth-order valence-electron chi connectivity index (χ4n) is 2.53. The summed E-state index contributed by atoms with van der Waals surface area (Å²) in [6.07, 6.45) is 4.81. The molecule has 3 nitrogen and oxygen atoms in total. The summed E-state index contributed by atoms with van der Waals surface area (Å²) < 4.78 is 0. The molecule has 21 heavy (non-hydrogen) atoms. The highest BCUT2D eigenvalue weighted by atomic mass is 35.5. The molecule has 0 atom stereocenters. The molecule has 0 unspecified atom stereocenters. The Bertz CT molecular complexity index is 556. The minimum absolute atomic E-state index is 0.110. The Morgan fingerprint density at radius 3 is 2.48 bits per heavy atom. The third kappa shape index (κ3) is 3.57. The first-order chi connectivity index (χ1) is 9.84. The molecule has 2 saturated carbocycles. The number of nitrogens with zero attached hydrogens (tertiary/aromatic N) is 2. The molecule has 1 aromatic heterocycles. The van der Waals surface area contributed by atoms with Crippen LogP contribution in [0.4, 0.5) is 0 Å². The molecule has 2 aliphatic carbocycles. The summed E-state index contributed by atoms with van der Waals surface area (Å²) in [7, 11) is 0. The van der Waals surface area contributed by atoms with Crippen LogP contribution in [0, 0.1) is 5.92 Å². The third-order valence-corrected chi connectivity index (χ3v) is 4.40. The van der Waals surface area contributed by atoms with Crippen molar-refractivity contribution in [3.8, 4) is 0 Å². The van der Waals surface area contributed by atoms with Gasteiger partial charge in [0.1, 0.15) is 5.15 Å². The smallest absolute Gasteiger partial charge is 0.254 e.